The smallest absolute Gasteiger partial charge is 0.0641 e. The van der Waals surface area contributed by atoms with Crippen LogP contribution in [-0.2, 0) is 0 Å². The fourth-order valence-electron chi connectivity index (χ4n) is 3.73. The lowest BCUT2D eigenvalue weighted by atomic mass is 9.77. The molecule has 1 aliphatic heterocycles. The number of aryl methyl sites for hydroxylation is 1. The highest BCUT2D eigenvalue weighted by molar-refractivity contribution is 6.36. The molecule has 3 heteroatoms. The van der Waals surface area contributed by atoms with Crippen LogP contribution < -0.4 is 5.32 Å². The molecule has 0 bridgehead atoms. The summed E-state index contributed by atoms with van der Waals surface area (Å²) in [7, 11) is 0. The molecular weight excluding hydrogens is 313 g/mol. The van der Waals surface area contributed by atoms with Gasteiger partial charge in [-0.2, -0.15) is 0 Å². The molecule has 22 heavy (non-hydrogen) atoms. The van der Waals surface area contributed by atoms with Gasteiger partial charge in [0.25, 0.3) is 0 Å². The molecule has 0 radical (unpaired) electrons. The zero-order valence-electron chi connectivity index (χ0n) is 12.3. The Bertz CT molecular complexity index is 749. The molecular formula is C19H17Cl2N. The van der Waals surface area contributed by atoms with E-state index in [0.717, 1.165) is 27.7 Å². The summed E-state index contributed by atoms with van der Waals surface area (Å²) in [6.45, 7) is 2.12. The van der Waals surface area contributed by atoms with Crippen LogP contribution in [0.3, 0.4) is 0 Å². The first-order chi connectivity index (χ1) is 10.6. The summed E-state index contributed by atoms with van der Waals surface area (Å²) < 4.78 is 0. The van der Waals surface area contributed by atoms with Gasteiger partial charge in [-0.3, -0.25) is 0 Å². The van der Waals surface area contributed by atoms with Crippen LogP contribution >= 0.6 is 23.2 Å². The van der Waals surface area contributed by atoms with Crippen molar-refractivity contribution in [1.29, 1.82) is 0 Å². The van der Waals surface area contributed by atoms with Crippen molar-refractivity contribution in [3.63, 3.8) is 0 Å². The van der Waals surface area contributed by atoms with Crippen LogP contribution in [0.15, 0.2) is 48.6 Å². The summed E-state index contributed by atoms with van der Waals surface area (Å²) in [4.78, 5) is 0. The monoisotopic (exact) mass is 329 g/mol. The van der Waals surface area contributed by atoms with Crippen molar-refractivity contribution in [2.75, 3.05) is 5.32 Å². The van der Waals surface area contributed by atoms with Crippen molar-refractivity contribution in [2.45, 2.75) is 25.3 Å². The maximum absolute atomic E-state index is 6.46. The number of halogens is 2. The van der Waals surface area contributed by atoms with E-state index in [1.165, 1.54) is 11.1 Å². The average Bonchev–Trinajstić information content (AvgIpc) is 3.00. The highest BCUT2D eigenvalue weighted by Gasteiger charge is 2.39. The average molecular weight is 330 g/mol. The topological polar surface area (TPSA) is 12.0 Å². The molecule has 0 aromatic heterocycles. The Hall–Kier alpha value is -1.44. The van der Waals surface area contributed by atoms with Gasteiger partial charge < -0.3 is 5.32 Å². The molecule has 2 aromatic rings. The maximum atomic E-state index is 6.46. The number of nitrogens with one attached hydrogen (secondary N) is 1. The van der Waals surface area contributed by atoms with Gasteiger partial charge in [-0.05, 0) is 37.0 Å². The third kappa shape index (κ3) is 2.15. The van der Waals surface area contributed by atoms with Crippen LogP contribution in [0.1, 0.15) is 35.1 Å². The number of allylic oxidation sites excluding steroid dienone is 2. The van der Waals surface area contributed by atoms with Crippen LogP contribution in [0.2, 0.25) is 10.0 Å². The van der Waals surface area contributed by atoms with E-state index in [4.69, 9.17) is 23.2 Å². The highest BCUT2D eigenvalue weighted by Crippen LogP contribution is 2.53. The lowest BCUT2D eigenvalue weighted by Crippen LogP contribution is -2.29. The van der Waals surface area contributed by atoms with E-state index in [0.29, 0.717) is 11.8 Å². The largest absolute Gasteiger partial charge is 0.376 e. The number of hydrogen-bond acceptors (Lipinski definition) is 1. The van der Waals surface area contributed by atoms with Gasteiger partial charge >= 0.3 is 0 Å². The van der Waals surface area contributed by atoms with Crippen LogP contribution in [-0.4, -0.2) is 0 Å². The third-order valence-corrected chi connectivity index (χ3v) is 5.50. The molecule has 4 rings (SSSR count). The van der Waals surface area contributed by atoms with Gasteiger partial charge in [-0.1, -0.05) is 65.2 Å². The van der Waals surface area contributed by atoms with Crippen molar-refractivity contribution >= 4 is 28.9 Å². The Balaban J connectivity index is 1.84. The SMILES string of the molecule is Cc1ccc([C@@H]2Nc3c(Cl)ccc(Cl)c3[C@@H]3C=CC[C@@H]32)cc1. The molecule has 1 N–H and O–H groups in total. The molecule has 1 aliphatic carbocycles. The van der Waals surface area contributed by atoms with Crippen molar-refractivity contribution < 1.29 is 0 Å². The predicted molar refractivity (Wildman–Crippen MR) is 94.0 cm³/mol. The first kappa shape index (κ1) is 14.2. The van der Waals surface area contributed by atoms with E-state index in [-0.39, 0.29) is 6.04 Å². The predicted octanol–water partition coefficient (Wildman–Crippen LogP) is 6.13. The zero-order valence-corrected chi connectivity index (χ0v) is 13.8. The first-order valence-corrected chi connectivity index (χ1v) is 8.38. The Morgan fingerprint density at radius 1 is 1.00 bits per heavy atom. The van der Waals surface area contributed by atoms with Crippen LogP contribution in [0.5, 0.6) is 0 Å². The van der Waals surface area contributed by atoms with E-state index in [1.54, 1.807) is 0 Å². The number of rotatable bonds is 1. The molecule has 0 amide bonds. The summed E-state index contributed by atoms with van der Waals surface area (Å²) in [6, 6.07) is 12.8. The number of anilines is 1. The fraction of sp³-hybridized carbons (Fsp3) is 0.263. The van der Waals surface area contributed by atoms with Gasteiger partial charge in [0.05, 0.1) is 16.8 Å². The third-order valence-electron chi connectivity index (χ3n) is 4.85. The van der Waals surface area contributed by atoms with Crippen LogP contribution in [0.4, 0.5) is 5.69 Å². The standard InChI is InChI=1S/C19H17Cl2N/c1-11-5-7-12(8-6-11)18-14-4-2-3-13(14)17-15(20)9-10-16(21)19(17)22-18/h2-3,5-10,13-14,18,22H,4H2,1H3/t13-,14+,18+/m1/s1. The van der Waals surface area contributed by atoms with E-state index in [9.17, 15) is 0 Å². The van der Waals surface area contributed by atoms with E-state index >= 15 is 0 Å². The molecule has 0 spiro atoms. The summed E-state index contributed by atoms with van der Waals surface area (Å²) >= 11 is 12.9. The fourth-order valence-corrected chi connectivity index (χ4v) is 4.24. The molecule has 1 nitrogen and oxygen atoms in total. The summed E-state index contributed by atoms with van der Waals surface area (Å²) in [5.41, 5.74) is 4.73. The van der Waals surface area contributed by atoms with E-state index < -0.39 is 0 Å². The van der Waals surface area contributed by atoms with Crippen molar-refractivity contribution in [3.05, 3.63) is 75.3 Å². The van der Waals surface area contributed by atoms with Gasteiger partial charge in [-0.15, -0.1) is 0 Å². The van der Waals surface area contributed by atoms with Gasteiger partial charge in [0.15, 0.2) is 0 Å². The maximum Gasteiger partial charge on any atom is 0.0641 e. The number of fused-ring (bicyclic) bond motifs is 3. The Morgan fingerprint density at radius 2 is 1.73 bits per heavy atom. The summed E-state index contributed by atoms with van der Waals surface area (Å²) in [5, 5.41) is 5.20. The van der Waals surface area contributed by atoms with Crippen molar-refractivity contribution in [2.24, 2.45) is 5.92 Å². The lowest BCUT2D eigenvalue weighted by molar-refractivity contribution is 0.425. The molecule has 0 unspecified atom stereocenters. The van der Waals surface area contributed by atoms with Gasteiger partial charge in [-0.25, -0.2) is 0 Å². The second kappa shape index (κ2) is 5.33. The normalized spacial score (nSPS) is 25.5. The minimum atomic E-state index is 0.268. The summed E-state index contributed by atoms with van der Waals surface area (Å²) in [5.74, 6) is 0.833. The molecule has 2 aromatic carbocycles. The second-order valence-corrected chi connectivity index (χ2v) is 7.02. The molecule has 3 atom stereocenters. The number of benzene rings is 2. The highest BCUT2D eigenvalue weighted by atomic mass is 35.5. The van der Waals surface area contributed by atoms with Gasteiger partial charge in [0.1, 0.15) is 0 Å². The van der Waals surface area contributed by atoms with Crippen LogP contribution in [0, 0.1) is 12.8 Å². The first-order valence-electron chi connectivity index (χ1n) is 7.63. The van der Waals surface area contributed by atoms with Crippen molar-refractivity contribution in [3.8, 4) is 0 Å². The van der Waals surface area contributed by atoms with E-state index in [2.05, 4.69) is 48.7 Å². The molecule has 2 aliphatic rings. The minimum absolute atomic E-state index is 0.268. The lowest BCUT2D eigenvalue weighted by Gasteiger charge is -2.38. The molecule has 0 fully saturated rings. The van der Waals surface area contributed by atoms with Gasteiger partial charge in [0, 0.05) is 16.5 Å². The van der Waals surface area contributed by atoms with Crippen LogP contribution in [0.25, 0.3) is 0 Å². The molecule has 112 valence electrons. The quantitative estimate of drug-likeness (QED) is 0.620. The second-order valence-electron chi connectivity index (χ2n) is 6.20. The zero-order chi connectivity index (χ0) is 15.3. The number of hydrogen-bond donors (Lipinski definition) is 1. The Labute approximate surface area is 140 Å². The van der Waals surface area contributed by atoms with E-state index in [1.807, 2.05) is 12.1 Å². The summed E-state index contributed by atoms with van der Waals surface area (Å²) in [6.07, 6.45) is 5.62. The molecule has 0 saturated carbocycles. The van der Waals surface area contributed by atoms with Gasteiger partial charge in [0.2, 0.25) is 0 Å². The molecule has 0 saturated heterocycles. The Morgan fingerprint density at radius 3 is 2.50 bits per heavy atom. The molecule has 1 heterocycles. The van der Waals surface area contributed by atoms with Crippen molar-refractivity contribution in [1.82, 2.24) is 0 Å². The Kier molecular flexibility index (Phi) is 3.43. The minimum Gasteiger partial charge on any atom is -0.376 e.